The molecule has 0 aromatic heterocycles. The van der Waals surface area contributed by atoms with Crippen molar-refractivity contribution in [1.82, 2.24) is 4.90 Å². The second-order valence-corrected chi connectivity index (χ2v) is 4.77. The Labute approximate surface area is 113 Å². The molecule has 1 saturated heterocycles. The molecule has 0 bridgehead atoms. The van der Waals surface area contributed by atoms with Gasteiger partial charge in [0, 0.05) is 37.8 Å². The van der Waals surface area contributed by atoms with Crippen LogP contribution in [0.25, 0.3) is 0 Å². The van der Waals surface area contributed by atoms with E-state index in [-0.39, 0.29) is 12.0 Å². The number of likely N-dealkylation sites (tertiary alicyclic amines) is 1. The van der Waals surface area contributed by atoms with Crippen LogP contribution in [-0.4, -0.2) is 48.8 Å². The minimum atomic E-state index is -0.235. The van der Waals surface area contributed by atoms with Gasteiger partial charge in [-0.3, -0.25) is 4.79 Å². The number of aliphatic hydroxyl groups is 1. The fraction of sp³-hybridized carbons (Fsp3) is 0.500. The molecule has 0 saturated carbocycles. The summed E-state index contributed by atoms with van der Waals surface area (Å²) in [6.45, 7) is 2.23. The molecule has 1 fully saturated rings. The lowest BCUT2D eigenvalue weighted by Gasteiger charge is -2.14. The monoisotopic (exact) mass is 264 g/mol. The first-order valence-corrected chi connectivity index (χ1v) is 6.51. The number of β-amino-alcohol motifs (C(OH)–C–C–N with tert-alkyl or cyclic N) is 1. The van der Waals surface area contributed by atoms with Crippen molar-refractivity contribution in [2.24, 2.45) is 0 Å². The topological polar surface area (TPSA) is 61.8 Å². The highest BCUT2D eigenvalue weighted by Gasteiger charge is 2.20. The van der Waals surface area contributed by atoms with Gasteiger partial charge >= 0.3 is 0 Å². The van der Waals surface area contributed by atoms with Crippen molar-refractivity contribution in [3.63, 3.8) is 0 Å². The van der Waals surface area contributed by atoms with Gasteiger partial charge in [-0.15, -0.1) is 0 Å². The van der Waals surface area contributed by atoms with Gasteiger partial charge < -0.3 is 20.1 Å². The van der Waals surface area contributed by atoms with Gasteiger partial charge in [0.1, 0.15) is 5.75 Å². The maximum absolute atomic E-state index is 11.8. The van der Waals surface area contributed by atoms with Crippen LogP contribution in [-0.2, 0) is 4.79 Å². The quantitative estimate of drug-likeness (QED) is 0.835. The number of methoxy groups -OCH3 is 1. The first-order chi connectivity index (χ1) is 9.17. The third-order valence-electron chi connectivity index (χ3n) is 3.26. The minimum Gasteiger partial charge on any atom is -0.497 e. The van der Waals surface area contributed by atoms with E-state index in [1.807, 2.05) is 18.2 Å². The van der Waals surface area contributed by atoms with Crippen LogP contribution in [0.2, 0.25) is 0 Å². The summed E-state index contributed by atoms with van der Waals surface area (Å²) in [6.07, 6.45) is 1.00. The van der Waals surface area contributed by atoms with E-state index in [0.29, 0.717) is 19.5 Å². The van der Waals surface area contributed by atoms with Gasteiger partial charge in [-0.2, -0.15) is 0 Å². The van der Waals surface area contributed by atoms with Crippen molar-refractivity contribution >= 4 is 11.6 Å². The average molecular weight is 264 g/mol. The zero-order valence-corrected chi connectivity index (χ0v) is 11.1. The number of nitrogens with zero attached hydrogens (tertiary/aromatic N) is 1. The molecular weight excluding hydrogens is 244 g/mol. The highest BCUT2D eigenvalue weighted by Crippen LogP contribution is 2.17. The van der Waals surface area contributed by atoms with Crippen molar-refractivity contribution < 1.29 is 14.6 Å². The zero-order valence-electron chi connectivity index (χ0n) is 11.1. The van der Waals surface area contributed by atoms with Gasteiger partial charge in [-0.25, -0.2) is 0 Å². The summed E-state index contributed by atoms with van der Waals surface area (Å²) in [5, 5.41) is 12.2. The fourth-order valence-electron chi connectivity index (χ4n) is 2.20. The smallest absolute Gasteiger partial charge is 0.225 e. The highest BCUT2D eigenvalue weighted by atomic mass is 16.5. The number of hydrogen-bond acceptors (Lipinski definition) is 4. The van der Waals surface area contributed by atoms with Crippen molar-refractivity contribution in [2.45, 2.75) is 18.9 Å². The standard InChI is InChI=1S/C14H20N2O3/c1-19-13-4-2-3-11(9-13)15-14(18)6-8-16-7-5-12(17)10-16/h2-4,9,12,17H,5-8,10H2,1H3,(H,15,18)/t12-/m0/s1. The molecule has 0 spiro atoms. The number of carbonyl (C=O) groups is 1. The van der Waals surface area contributed by atoms with E-state index in [1.165, 1.54) is 0 Å². The molecule has 2 N–H and O–H groups in total. The van der Waals surface area contributed by atoms with Crippen molar-refractivity contribution in [3.05, 3.63) is 24.3 Å². The number of anilines is 1. The molecule has 104 valence electrons. The van der Waals surface area contributed by atoms with Gasteiger partial charge in [0.15, 0.2) is 0 Å². The highest BCUT2D eigenvalue weighted by molar-refractivity contribution is 5.91. The van der Waals surface area contributed by atoms with Gasteiger partial charge in [0.05, 0.1) is 13.2 Å². The molecule has 0 unspecified atom stereocenters. The summed E-state index contributed by atoms with van der Waals surface area (Å²) >= 11 is 0. The molecule has 5 heteroatoms. The van der Waals surface area contributed by atoms with E-state index in [4.69, 9.17) is 4.74 Å². The van der Waals surface area contributed by atoms with Crippen molar-refractivity contribution in [3.8, 4) is 5.75 Å². The van der Waals surface area contributed by atoms with Crippen LogP contribution in [0.4, 0.5) is 5.69 Å². The number of ether oxygens (including phenoxy) is 1. The van der Waals surface area contributed by atoms with Crippen LogP contribution < -0.4 is 10.1 Å². The van der Waals surface area contributed by atoms with Gasteiger partial charge in [0.2, 0.25) is 5.91 Å². The second-order valence-electron chi connectivity index (χ2n) is 4.77. The van der Waals surface area contributed by atoms with Gasteiger partial charge in [0.25, 0.3) is 0 Å². The molecule has 5 nitrogen and oxygen atoms in total. The predicted octanol–water partition coefficient (Wildman–Crippen LogP) is 1.09. The van der Waals surface area contributed by atoms with E-state index in [1.54, 1.807) is 13.2 Å². The Morgan fingerprint density at radius 2 is 2.42 bits per heavy atom. The largest absolute Gasteiger partial charge is 0.497 e. The zero-order chi connectivity index (χ0) is 13.7. The minimum absolute atomic E-state index is 0.0188. The molecule has 1 amide bonds. The summed E-state index contributed by atoms with van der Waals surface area (Å²) in [6, 6.07) is 7.30. The van der Waals surface area contributed by atoms with E-state index in [2.05, 4.69) is 10.2 Å². The normalized spacial score (nSPS) is 19.4. The number of rotatable bonds is 5. The molecule has 1 aromatic rings. The lowest BCUT2D eigenvalue weighted by atomic mass is 10.3. The van der Waals surface area contributed by atoms with Crippen molar-refractivity contribution in [1.29, 1.82) is 0 Å². The Morgan fingerprint density at radius 1 is 1.58 bits per heavy atom. The molecular formula is C14H20N2O3. The van der Waals surface area contributed by atoms with Gasteiger partial charge in [-0.1, -0.05) is 6.07 Å². The fourth-order valence-corrected chi connectivity index (χ4v) is 2.20. The molecule has 19 heavy (non-hydrogen) atoms. The molecule has 1 heterocycles. The van der Waals surface area contributed by atoms with E-state index in [0.717, 1.165) is 24.4 Å². The third kappa shape index (κ3) is 4.22. The third-order valence-corrected chi connectivity index (χ3v) is 3.26. The Balaban J connectivity index is 1.77. The number of benzene rings is 1. The SMILES string of the molecule is COc1cccc(NC(=O)CCN2CC[C@H](O)C2)c1. The molecule has 1 atom stereocenters. The van der Waals surface area contributed by atoms with E-state index >= 15 is 0 Å². The molecule has 0 radical (unpaired) electrons. The van der Waals surface area contributed by atoms with E-state index < -0.39 is 0 Å². The molecule has 1 aliphatic rings. The number of nitrogens with one attached hydrogen (secondary N) is 1. The number of amides is 1. The van der Waals surface area contributed by atoms with Crippen LogP contribution in [0.1, 0.15) is 12.8 Å². The summed E-state index contributed by atoms with van der Waals surface area (Å²) in [5.74, 6) is 0.704. The second kappa shape index (κ2) is 6.54. The lowest BCUT2D eigenvalue weighted by molar-refractivity contribution is -0.116. The maximum atomic E-state index is 11.8. The van der Waals surface area contributed by atoms with Crippen LogP contribution in [0.3, 0.4) is 0 Å². The molecule has 2 rings (SSSR count). The maximum Gasteiger partial charge on any atom is 0.225 e. The van der Waals surface area contributed by atoms with Crippen molar-refractivity contribution in [2.75, 3.05) is 32.1 Å². The predicted molar refractivity (Wildman–Crippen MR) is 73.3 cm³/mol. The van der Waals surface area contributed by atoms with Crippen LogP contribution in [0, 0.1) is 0 Å². The average Bonchev–Trinajstić information content (AvgIpc) is 2.82. The Kier molecular flexibility index (Phi) is 4.76. The number of hydrogen-bond donors (Lipinski definition) is 2. The first kappa shape index (κ1) is 13.8. The lowest BCUT2D eigenvalue weighted by Crippen LogP contribution is -2.26. The Bertz CT molecular complexity index is 436. The Morgan fingerprint density at radius 3 is 3.11 bits per heavy atom. The number of aliphatic hydroxyl groups excluding tert-OH is 1. The van der Waals surface area contributed by atoms with E-state index in [9.17, 15) is 9.90 Å². The molecule has 0 aliphatic carbocycles. The number of carbonyl (C=O) groups excluding carboxylic acids is 1. The first-order valence-electron chi connectivity index (χ1n) is 6.51. The van der Waals surface area contributed by atoms with Crippen LogP contribution in [0.15, 0.2) is 24.3 Å². The van der Waals surface area contributed by atoms with Crippen LogP contribution >= 0.6 is 0 Å². The Hall–Kier alpha value is -1.59. The van der Waals surface area contributed by atoms with Crippen LogP contribution in [0.5, 0.6) is 5.75 Å². The van der Waals surface area contributed by atoms with Gasteiger partial charge in [-0.05, 0) is 18.6 Å². The summed E-state index contributed by atoms with van der Waals surface area (Å²) in [4.78, 5) is 13.9. The summed E-state index contributed by atoms with van der Waals surface area (Å²) < 4.78 is 5.10. The molecule has 1 aliphatic heterocycles. The summed E-state index contributed by atoms with van der Waals surface area (Å²) in [5.41, 5.74) is 0.741. The summed E-state index contributed by atoms with van der Waals surface area (Å²) in [7, 11) is 1.60. The molecule has 1 aromatic carbocycles.